The van der Waals surface area contributed by atoms with E-state index < -0.39 is 9.14 Å². The van der Waals surface area contributed by atoms with Crippen LogP contribution in [0.3, 0.4) is 0 Å². The molecule has 0 unspecified atom stereocenters. The Morgan fingerprint density at radius 1 is 0.947 bits per heavy atom. The van der Waals surface area contributed by atoms with Gasteiger partial charge >= 0.3 is 67.9 Å². The van der Waals surface area contributed by atoms with Crippen molar-refractivity contribution in [1.29, 1.82) is 0 Å². The molecule has 1 radical (unpaired) electrons. The fourth-order valence-electron chi connectivity index (χ4n) is 1.20. The topological polar surface area (TPSA) is 20.5 Å². The van der Waals surface area contributed by atoms with E-state index in [0.29, 0.717) is 0 Å². The standard InChI is InChI=1S/C10H14O2.6ClH.Sb/c1-7-5-10(12-4)8(2)6-9(7)11-3;;;;;;;/h5-6H,1-4H3;6*1H;/q+1;;;;;;;+5/p-6. The van der Waals surface area contributed by atoms with E-state index in [2.05, 4.69) is 0 Å². The average Bonchev–Trinajstić information content (AvgIpc) is 2.16. The molecule has 0 fully saturated rings. The minimum absolute atomic E-state index is 0.910. The third kappa shape index (κ3) is 13.1. The van der Waals surface area contributed by atoms with Crippen molar-refractivity contribution in [2.45, 2.75) is 13.8 Å². The molecule has 1 aliphatic carbocycles. The number of halogens is 6. The van der Waals surface area contributed by atoms with Crippen molar-refractivity contribution in [3.05, 3.63) is 29.4 Å². The summed E-state index contributed by atoms with van der Waals surface area (Å²) in [6.45, 7) is 4.00. The van der Waals surface area contributed by atoms with Crippen LogP contribution < -0.4 is 0 Å². The summed E-state index contributed by atoms with van der Waals surface area (Å²) in [5.74, 6) is 0.910. The third-order valence-electron chi connectivity index (χ3n) is 1.91. The van der Waals surface area contributed by atoms with Crippen molar-refractivity contribution in [2.24, 2.45) is 0 Å². The molecule has 0 aliphatic heterocycles. The summed E-state index contributed by atoms with van der Waals surface area (Å²) in [5, 5.41) is 0. The summed E-state index contributed by atoms with van der Waals surface area (Å²) >= 11 is 0. The molecule has 0 saturated carbocycles. The van der Waals surface area contributed by atoms with E-state index in [1.807, 2.05) is 26.0 Å². The molecule has 0 aromatic rings. The summed E-state index contributed by atoms with van der Waals surface area (Å²) in [5.41, 5.74) is 2.19. The van der Waals surface area contributed by atoms with Crippen molar-refractivity contribution < 1.29 is 9.16 Å². The molecule has 1 aliphatic rings. The molecule has 19 heavy (non-hydrogen) atoms. The van der Waals surface area contributed by atoms with Gasteiger partial charge in [0.05, 0.1) is 5.57 Å². The van der Waals surface area contributed by atoms with Gasteiger partial charge in [-0.3, -0.25) is 4.42 Å². The molecule has 113 valence electrons. The first-order valence-electron chi connectivity index (χ1n) is 4.89. The zero-order valence-corrected chi connectivity index (χ0v) is 17.8. The normalized spacial score (nSPS) is 22.7. The van der Waals surface area contributed by atoms with E-state index in [-0.39, 0.29) is 0 Å². The second-order valence-corrected chi connectivity index (χ2v) is 60.6. The van der Waals surface area contributed by atoms with Crippen molar-refractivity contribution in [3.8, 4) is 0 Å². The molecule has 0 aromatic carbocycles. The fraction of sp³-hybridized carbons (Fsp3) is 0.400. The Kier molecular flexibility index (Phi) is 6.99. The molecule has 0 N–H and O–H groups in total. The molecule has 0 atom stereocenters. The number of hydrogen-bond donors (Lipinski definition) is 0. The van der Waals surface area contributed by atoms with E-state index in [1.165, 1.54) is 0 Å². The maximum atomic E-state index is 5.17. The molecule has 0 amide bonds. The van der Waals surface area contributed by atoms with Gasteiger partial charge in [-0.2, -0.15) is 0 Å². The van der Waals surface area contributed by atoms with Gasteiger partial charge in [0, 0.05) is 13.2 Å². The first kappa shape index (κ1) is 20.7. The van der Waals surface area contributed by atoms with Crippen LogP contribution in [0.15, 0.2) is 23.3 Å². The van der Waals surface area contributed by atoms with Crippen LogP contribution in [0.4, 0.5) is 0 Å². The number of hydrogen-bond acceptors (Lipinski definition) is 1. The van der Waals surface area contributed by atoms with Crippen molar-refractivity contribution in [2.75, 3.05) is 14.2 Å². The van der Waals surface area contributed by atoms with Crippen LogP contribution in [0.5, 0.6) is 0 Å². The molecule has 0 aromatic heterocycles. The maximum absolute atomic E-state index is 5.42. The number of ether oxygens (including phenoxy) is 1. The van der Waals surface area contributed by atoms with Crippen LogP contribution in [-0.2, 0) is 9.16 Å². The zero-order valence-electron chi connectivity index (χ0n) is 10.7. The van der Waals surface area contributed by atoms with Crippen molar-refractivity contribution in [3.63, 3.8) is 0 Å². The van der Waals surface area contributed by atoms with Crippen LogP contribution in [0.2, 0.25) is 0 Å². The van der Waals surface area contributed by atoms with Gasteiger partial charge in [-0.25, -0.2) is 0 Å². The number of rotatable bonds is 1. The first-order valence-corrected chi connectivity index (χ1v) is 24.3. The predicted octanol–water partition coefficient (Wildman–Crippen LogP) is 5.56. The first-order chi connectivity index (χ1) is 8.13. The molecule has 1 rings (SSSR count). The van der Waals surface area contributed by atoms with E-state index in [1.54, 1.807) is 14.2 Å². The monoisotopic (exact) mass is 497 g/mol. The van der Waals surface area contributed by atoms with Crippen LogP contribution >= 0.6 is 53.0 Å². The summed E-state index contributed by atoms with van der Waals surface area (Å²) in [7, 11) is 28.3. The van der Waals surface area contributed by atoms with E-state index in [4.69, 9.17) is 62.1 Å². The third-order valence-corrected chi connectivity index (χ3v) is 1.91. The van der Waals surface area contributed by atoms with Gasteiger partial charge in [-0.1, -0.05) is 0 Å². The zero-order chi connectivity index (χ0) is 15.5. The quantitative estimate of drug-likeness (QED) is 0.341. The Morgan fingerprint density at radius 2 is 1.37 bits per heavy atom. The number of ketones is 1. The van der Waals surface area contributed by atoms with Gasteiger partial charge in [0.2, 0.25) is 0 Å². The SMILES string of the molecule is CO[C]1C=C(C)C(=[O+]C)C=C1C.[Cl][Sb-]([Cl])([Cl])([Cl])([Cl])[Cl]. The molecule has 0 bridgehead atoms. The molecule has 0 spiro atoms. The molecule has 2 nitrogen and oxygen atoms in total. The van der Waals surface area contributed by atoms with E-state index >= 15 is 0 Å². The second kappa shape index (κ2) is 6.42. The Morgan fingerprint density at radius 3 is 1.68 bits per heavy atom. The minimum atomic E-state index is -5.42. The second-order valence-electron chi connectivity index (χ2n) is 3.75. The Hall–Kier alpha value is 1.67. The molecule has 0 saturated heterocycles. The van der Waals surface area contributed by atoms with E-state index in [0.717, 1.165) is 23.0 Å². The molecular weight excluding hydrogens is 487 g/mol. The number of carbonyl (C=O) groups excluding carboxylic acids is 1. The van der Waals surface area contributed by atoms with Gasteiger partial charge in [0.1, 0.15) is 6.10 Å². The summed E-state index contributed by atoms with van der Waals surface area (Å²) < 4.78 is 10.3. The molecule has 9 heteroatoms. The summed E-state index contributed by atoms with van der Waals surface area (Å²) in [6.07, 6.45) is 4.87. The molecule has 0 heterocycles. The van der Waals surface area contributed by atoms with Crippen LogP contribution in [0, 0.1) is 6.10 Å². The summed E-state index contributed by atoms with van der Waals surface area (Å²) in [6, 6.07) is 0. The Labute approximate surface area is 133 Å². The van der Waals surface area contributed by atoms with E-state index in [9.17, 15) is 0 Å². The number of methoxy groups -OCH3 is 1. The molecular formula is C10H14Cl6O2Sb. The van der Waals surface area contributed by atoms with Crippen LogP contribution in [0.1, 0.15) is 13.8 Å². The Bertz CT molecular complexity index is 420. The Balaban J connectivity index is 0.000000399. The van der Waals surface area contributed by atoms with Crippen molar-refractivity contribution >= 4 is 67.9 Å². The average molecular weight is 501 g/mol. The van der Waals surface area contributed by atoms with Gasteiger partial charge in [0.25, 0.3) is 7.11 Å². The number of allylic oxidation sites excluding steroid dienone is 2. The van der Waals surface area contributed by atoms with Gasteiger partial charge in [-0.15, -0.1) is 0 Å². The van der Waals surface area contributed by atoms with Gasteiger partial charge in [-0.05, 0) is 25.5 Å². The summed E-state index contributed by atoms with van der Waals surface area (Å²) in [4.78, 5) is 0. The van der Waals surface area contributed by atoms with Crippen molar-refractivity contribution in [1.82, 2.24) is 0 Å². The van der Waals surface area contributed by atoms with Gasteiger partial charge in [0.15, 0.2) is 0 Å². The fourth-order valence-corrected chi connectivity index (χ4v) is 1.20. The van der Waals surface area contributed by atoms with Crippen LogP contribution in [0.25, 0.3) is 0 Å². The van der Waals surface area contributed by atoms with Gasteiger partial charge < -0.3 is 4.74 Å². The van der Waals surface area contributed by atoms with Crippen LogP contribution in [-0.4, -0.2) is 29.1 Å². The predicted molar refractivity (Wildman–Crippen MR) is 89.6 cm³/mol.